The van der Waals surface area contributed by atoms with E-state index < -0.39 is 5.54 Å². The molecule has 1 aliphatic heterocycles. The lowest BCUT2D eigenvalue weighted by atomic mass is 9.97. The number of nitrogens with zero attached hydrogens (tertiary/aromatic N) is 1. The van der Waals surface area contributed by atoms with Crippen LogP contribution in [0.5, 0.6) is 0 Å². The van der Waals surface area contributed by atoms with Crippen LogP contribution in [0.1, 0.15) is 31.9 Å². The quantitative estimate of drug-likeness (QED) is 0.881. The van der Waals surface area contributed by atoms with Gasteiger partial charge >= 0.3 is 0 Å². The van der Waals surface area contributed by atoms with E-state index in [4.69, 9.17) is 0 Å². The first-order valence-corrected chi connectivity index (χ1v) is 7.33. The molecule has 0 spiro atoms. The van der Waals surface area contributed by atoms with E-state index >= 15 is 0 Å². The summed E-state index contributed by atoms with van der Waals surface area (Å²) in [5.41, 5.74) is 3.22. The highest BCUT2D eigenvalue weighted by atomic mass is 16.2. The molecule has 0 saturated carbocycles. The molecule has 20 heavy (non-hydrogen) atoms. The minimum absolute atomic E-state index is 0.0955. The van der Waals surface area contributed by atoms with Gasteiger partial charge in [-0.2, -0.15) is 0 Å². The molecule has 2 N–H and O–H groups in total. The van der Waals surface area contributed by atoms with Gasteiger partial charge in [-0.15, -0.1) is 0 Å². The molecule has 2 rings (SSSR count). The molecule has 0 radical (unpaired) electrons. The second kappa shape index (κ2) is 5.83. The van der Waals surface area contributed by atoms with Crippen LogP contribution in [0.2, 0.25) is 0 Å². The highest BCUT2D eigenvalue weighted by molar-refractivity contribution is 5.90. The summed E-state index contributed by atoms with van der Waals surface area (Å²) < 4.78 is 0. The molecule has 1 aromatic carbocycles. The van der Waals surface area contributed by atoms with Crippen LogP contribution in [-0.4, -0.2) is 31.1 Å². The normalized spacial score (nSPS) is 18.0. The maximum Gasteiger partial charge on any atom is 0.245 e. The molecular weight excluding hydrogens is 250 g/mol. The van der Waals surface area contributed by atoms with Gasteiger partial charge in [0, 0.05) is 25.3 Å². The number of piperazine rings is 1. The molecule has 1 aliphatic rings. The fourth-order valence-corrected chi connectivity index (χ4v) is 2.66. The number of amides is 1. The van der Waals surface area contributed by atoms with E-state index in [0.717, 1.165) is 25.3 Å². The van der Waals surface area contributed by atoms with Gasteiger partial charge in [0.25, 0.3) is 0 Å². The van der Waals surface area contributed by atoms with Crippen molar-refractivity contribution >= 4 is 11.6 Å². The summed E-state index contributed by atoms with van der Waals surface area (Å²) in [7, 11) is 0. The predicted molar refractivity (Wildman–Crippen MR) is 83.0 cm³/mol. The van der Waals surface area contributed by atoms with E-state index in [-0.39, 0.29) is 5.91 Å². The van der Waals surface area contributed by atoms with Crippen molar-refractivity contribution < 1.29 is 4.79 Å². The van der Waals surface area contributed by atoms with E-state index in [9.17, 15) is 4.79 Å². The van der Waals surface area contributed by atoms with Crippen LogP contribution in [-0.2, 0) is 11.3 Å². The highest BCUT2D eigenvalue weighted by Crippen LogP contribution is 2.27. The van der Waals surface area contributed by atoms with Crippen LogP contribution < -0.4 is 15.5 Å². The van der Waals surface area contributed by atoms with E-state index in [0.29, 0.717) is 6.54 Å². The van der Waals surface area contributed by atoms with Crippen molar-refractivity contribution in [3.8, 4) is 0 Å². The second-order valence-corrected chi connectivity index (χ2v) is 5.86. The van der Waals surface area contributed by atoms with Crippen molar-refractivity contribution in [2.24, 2.45) is 0 Å². The molecule has 1 amide bonds. The van der Waals surface area contributed by atoms with E-state index in [2.05, 4.69) is 47.6 Å². The molecule has 0 atom stereocenters. The van der Waals surface area contributed by atoms with Crippen LogP contribution in [0.4, 0.5) is 5.69 Å². The molecule has 1 heterocycles. The van der Waals surface area contributed by atoms with Gasteiger partial charge in [0.05, 0.1) is 0 Å². The molecule has 4 heteroatoms. The van der Waals surface area contributed by atoms with Gasteiger partial charge in [-0.25, -0.2) is 0 Å². The highest BCUT2D eigenvalue weighted by Gasteiger charge is 2.37. The molecule has 0 unspecified atom stereocenters. The molecule has 0 aliphatic carbocycles. The molecule has 4 nitrogen and oxygen atoms in total. The van der Waals surface area contributed by atoms with Gasteiger partial charge in [-0.3, -0.25) is 4.79 Å². The molecular formula is C16H25N3O. The number of carbonyl (C=O) groups excluding carboxylic acids is 1. The molecule has 110 valence electrons. The summed E-state index contributed by atoms with van der Waals surface area (Å²) in [6.45, 7) is 11.6. The van der Waals surface area contributed by atoms with Crippen LogP contribution in [0.15, 0.2) is 18.2 Å². The fraction of sp³-hybridized carbons (Fsp3) is 0.562. The minimum Gasteiger partial charge on any atom is -0.356 e. The van der Waals surface area contributed by atoms with Gasteiger partial charge in [0.2, 0.25) is 5.91 Å². The Labute approximate surface area is 121 Å². The number of benzene rings is 1. The van der Waals surface area contributed by atoms with Gasteiger partial charge < -0.3 is 15.5 Å². The van der Waals surface area contributed by atoms with Crippen molar-refractivity contribution in [1.82, 2.24) is 10.6 Å². The summed E-state index contributed by atoms with van der Waals surface area (Å²) in [6, 6.07) is 6.48. The summed E-state index contributed by atoms with van der Waals surface area (Å²) in [6.07, 6.45) is 0. The lowest BCUT2D eigenvalue weighted by Gasteiger charge is -2.43. The van der Waals surface area contributed by atoms with Crippen molar-refractivity contribution in [2.75, 3.05) is 24.5 Å². The minimum atomic E-state index is -0.492. The van der Waals surface area contributed by atoms with Crippen molar-refractivity contribution in [2.45, 2.75) is 39.8 Å². The topological polar surface area (TPSA) is 44.4 Å². The Balaban J connectivity index is 2.24. The second-order valence-electron chi connectivity index (χ2n) is 5.86. The number of hydrogen-bond acceptors (Lipinski definition) is 3. The predicted octanol–water partition coefficient (Wildman–Crippen LogP) is 1.82. The first kappa shape index (κ1) is 14.9. The van der Waals surface area contributed by atoms with Crippen LogP contribution in [0.3, 0.4) is 0 Å². The Morgan fingerprint density at radius 2 is 2.15 bits per heavy atom. The third-order valence-corrected chi connectivity index (χ3v) is 4.05. The van der Waals surface area contributed by atoms with E-state index in [1.807, 2.05) is 13.8 Å². The summed E-state index contributed by atoms with van der Waals surface area (Å²) in [4.78, 5) is 14.2. The van der Waals surface area contributed by atoms with Crippen molar-refractivity contribution in [3.05, 3.63) is 29.3 Å². The first-order chi connectivity index (χ1) is 9.46. The zero-order valence-corrected chi connectivity index (χ0v) is 12.9. The largest absolute Gasteiger partial charge is 0.356 e. The molecule has 0 aromatic heterocycles. The summed E-state index contributed by atoms with van der Waals surface area (Å²) >= 11 is 0. The SMILES string of the molecule is CCNCc1ccc(N2CCNC(=O)C2(C)C)cc1C. The van der Waals surface area contributed by atoms with Crippen molar-refractivity contribution in [1.29, 1.82) is 0 Å². The zero-order valence-electron chi connectivity index (χ0n) is 12.9. The standard InChI is InChI=1S/C16H25N3O/c1-5-17-11-13-6-7-14(10-12(13)2)19-9-8-18-15(20)16(19,3)4/h6-7,10,17H,5,8-9,11H2,1-4H3,(H,18,20). The number of carbonyl (C=O) groups is 1. The average molecular weight is 275 g/mol. The number of aryl methyl sites for hydroxylation is 1. The Bertz CT molecular complexity index is 496. The van der Waals surface area contributed by atoms with Gasteiger partial charge in [-0.05, 0) is 50.6 Å². The Morgan fingerprint density at radius 1 is 1.40 bits per heavy atom. The van der Waals surface area contributed by atoms with Gasteiger partial charge in [0.15, 0.2) is 0 Å². The molecule has 1 fully saturated rings. The lowest BCUT2D eigenvalue weighted by Crippen LogP contribution is -2.62. The van der Waals surface area contributed by atoms with E-state index in [1.54, 1.807) is 0 Å². The number of nitrogens with one attached hydrogen (secondary N) is 2. The van der Waals surface area contributed by atoms with Gasteiger partial charge in [-0.1, -0.05) is 13.0 Å². The Kier molecular flexibility index (Phi) is 4.33. The smallest absolute Gasteiger partial charge is 0.245 e. The average Bonchev–Trinajstić information content (AvgIpc) is 2.40. The number of anilines is 1. The Hall–Kier alpha value is -1.55. The monoisotopic (exact) mass is 275 g/mol. The zero-order chi connectivity index (χ0) is 14.8. The third kappa shape index (κ3) is 2.80. The molecule has 1 saturated heterocycles. The first-order valence-electron chi connectivity index (χ1n) is 7.33. The maximum absolute atomic E-state index is 12.0. The molecule has 0 bridgehead atoms. The van der Waals surface area contributed by atoms with E-state index in [1.165, 1.54) is 11.1 Å². The summed E-state index contributed by atoms with van der Waals surface area (Å²) in [5, 5.41) is 6.29. The number of rotatable bonds is 4. The van der Waals surface area contributed by atoms with Gasteiger partial charge in [0.1, 0.15) is 5.54 Å². The van der Waals surface area contributed by atoms with Crippen LogP contribution in [0.25, 0.3) is 0 Å². The lowest BCUT2D eigenvalue weighted by molar-refractivity contribution is -0.126. The number of hydrogen-bond donors (Lipinski definition) is 2. The fourth-order valence-electron chi connectivity index (χ4n) is 2.66. The summed E-state index contributed by atoms with van der Waals surface area (Å²) in [5.74, 6) is 0.0955. The Morgan fingerprint density at radius 3 is 2.80 bits per heavy atom. The molecule has 1 aromatic rings. The maximum atomic E-state index is 12.0. The van der Waals surface area contributed by atoms with Crippen LogP contribution >= 0.6 is 0 Å². The third-order valence-electron chi connectivity index (χ3n) is 4.05. The van der Waals surface area contributed by atoms with Crippen LogP contribution in [0, 0.1) is 6.92 Å². The van der Waals surface area contributed by atoms with Crippen molar-refractivity contribution in [3.63, 3.8) is 0 Å².